The summed E-state index contributed by atoms with van der Waals surface area (Å²) in [5, 5.41) is 11.2. The van der Waals surface area contributed by atoms with E-state index in [-0.39, 0.29) is 0 Å². The van der Waals surface area contributed by atoms with Crippen LogP contribution in [0.15, 0.2) is 24.3 Å². The monoisotopic (exact) mass is 293 g/mol. The second-order valence-corrected chi connectivity index (χ2v) is 5.20. The van der Waals surface area contributed by atoms with Gasteiger partial charge in [-0.2, -0.15) is 4.37 Å². The Morgan fingerprint density at radius 1 is 1.45 bits per heavy atom. The molecule has 1 aromatic heterocycles. The molecule has 2 aromatic rings. The summed E-state index contributed by atoms with van der Waals surface area (Å²) in [7, 11) is 0. The van der Waals surface area contributed by atoms with Crippen LogP contribution in [0.2, 0.25) is 0 Å². The highest BCUT2D eigenvalue weighted by atomic mass is 32.1. The molecule has 0 atom stereocenters. The third-order valence-electron chi connectivity index (χ3n) is 3.14. The summed E-state index contributed by atoms with van der Waals surface area (Å²) in [6.07, 6.45) is 0.964. The Hall–Kier alpha value is -1.86. The zero-order chi connectivity index (χ0) is 13.9. The maximum absolute atomic E-state index is 10.0. The van der Waals surface area contributed by atoms with Crippen molar-refractivity contribution in [3.05, 3.63) is 30.0 Å². The predicted octanol–water partition coefficient (Wildman–Crippen LogP) is 1.92. The number of aromatic nitrogens is 2. The number of hydrogen-bond donors (Lipinski definition) is 1. The highest BCUT2D eigenvalue weighted by Crippen LogP contribution is 2.32. The van der Waals surface area contributed by atoms with Crippen LogP contribution in [0, 0.1) is 0 Å². The van der Waals surface area contributed by atoms with Crippen LogP contribution in [0.3, 0.4) is 0 Å². The van der Waals surface area contributed by atoms with E-state index in [2.05, 4.69) is 15.7 Å². The summed E-state index contributed by atoms with van der Waals surface area (Å²) in [6, 6.07) is 7.88. The van der Waals surface area contributed by atoms with Crippen molar-refractivity contribution in [2.75, 3.05) is 23.2 Å². The standard InChI is InChI=1S/C13H16N4O2S/c1-2-7-19-12-6-4-3-5-11(12)16-8-10-13(15-20-14-10)17(18)9-16/h3-6,18H,2,7-9H2,1H3/p+1. The number of H-pyrrole nitrogens is 1. The summed E-state index contributed by atoms with van der Waals surface area (Å²) in [4.78, 5) is 2.04. The van der Waals surface area contributed by atoms with Gasteiger partial charge in [0, 0.05) is 0 Å². The summed E-state index contributed by atoms with van der Waals surface area (Å²) in [5.41, 5.74) is 1.81. The Morgan fingerprint density at radius 3 is 3.15 bits per heavy atom. The van der Waals surface area contributed by atoms with Crippen molar-refractivity contribution in [1.29, 1.82) is 0 Å². The molecule has 0 amide bonds. The molecule has 0 spiro atoms. The molecule has 2 N–H and O–H groups in total. The molecule has 0 bridgehead atoms. The lowest BCUT2D eigenvalue weighted by Gasteiger charge is -2.29. The van der Waals surface area contributed by atoms with Crippen molar-refractivity contribution < 1.29 is 14.3 Å². The van der Waals surface area contributed by atoms with E-state index in [0.717, 1.165) is 23.6 Å². The quantitative estimate of drug-likeness (QED) is 0.933. The Labute approximate surface area is 121 Å². The second-order valence-electron chi connectivity index (χ2n) is 4.64. The third-order valence-corrected chi connectivity index (χ3v) is 3.74. The van der Waals surface area contributed by atoms with Crippen LogP contribution in [0.25, 0.3) is 0 Å². The fraction of sp³-hybridized carbons (Fsp3) is 0.385. The number of aromatic amines is 1. The molecule has 1 aromatic carbocycles. The lowest BCUT2D eigenvalue weighted by Crippen LogP contribution is -2.42. The van der Waals surface area contributed by atoms with Gasteiger partial charge >= 0.3 is 5.82 Å². The largest absolute Gasteiger partial charge is 0.491 e. The first kappa shape index (κ1) is 13.1. The molecule has 0 radical (unpaired) electrons. The van der Waals surface area contributed by atoms with Gasteiger partial charge < -0.3 is 9.64 Å². The van der Waals surface area contributed by atoms with Gasteiger partial charge in [0.15, 0.2) is 6.67 Å². The SMILES string of the molecule is CCCOc1ccccc1N1Cc2ns[nH+]c2N(O)C1. The smallest absolute Gasteiger partial charge is 0.303 e. The molecule has 1 aliphatic heterocycles. The van der Waals surface area contributed by atoms with Gasteiger partial charge in [0.1, 0.15) is 5.75 Å². The van der Waals surface area contributed by atoms with E-state index in [9.17, 15) is 5.21 Å². The molecule has 3 rings (SSSR count). The zero-order valence-corrected chi connectivity index (χ0v) is 12.1. The van der Waals surface area contributed by atoms with Crippen molar-refractivity contribution >= 4 is 23.2 Å². The lowest BCUT2D eigenvalue weighted by atomic mass is 10.2. The van der Waals surface area contributed by atoms with Crippen LogP contribution in [0.4, 0.5) is 11.5 Å². The van der Waals surface area contributed by atoms with Gasteiger partial charge in [-0.05, 0) is 22.9 Å². The molecule has 1 aliphatic rings. The average Bonchev–Trinajstić information content (AvgIpc) is 2.94. The highest BCUT2D eigenvalue weighted by Gasteiger charge is 2.32. The molecule has 7 heteroatoms. The number of anilines is 2. The number of nitrogens with one attached hydrogen (secondary N) is 1. The minimum Gasteiger partial charge on any atom is -0.491 e. The first-order valence-electron chi connectivity index (χ1n) is 6.59. The highest BCUT2D eigenvalue weighted by molar-refractivity contribution is 6.94. The van der Waals surface area contributed by atoms with Gasteiger partial charge in [-0.15, -0.1) is 5.06 Å². The Balaban J connectivity index is 1.87. The van der Waals surface area contributed by atoms with Crippen molar-refractivity contribution in [3.8, 4) is 5.75 Å². The molecule has 2 heterocycles. The minimum atomic E-state index is 0.383. The van der Waals surface area contributed by atoms with Gasteiger partial charge in [-0.3, -0.25) is 0 Å². The number of benzene rings is 1. The number of fused-ring (bicyclic) bond motifs is 1. The molecule has 20 heavy (non-hydrogen) atoms. The molecule has 106 valence electrons. The number of para-hydroxylation sites is 2. The molecular weight excluding hydrogens is 276 g/mol. The second kappa shape index (κ2) is 5.64. The molecular formula is C13H17N4O2S+. The van der Waals surface area contributed by atoms with Gasteiger partial charge in [0.2, 0.25) is 17.4 Å². The summed E-state index contributed by atoms with van der Waals surface area (Å²) < 4.78 is 13.0. The van der Waals surface area contributed by atoms with Gasteiger partial charge in [0.25, 0.3) is 0 Å². The van der Waals surface area contributed by atoms with E-state index in [1.54, 1.807) is 0 Å². The molecule has 6 nitrogen and oxygen atoms in total. The Bertz CT molecular complexity index is 589. The van der Waals surface area contributed by atoms with Crippen molar-refractivity contribution in [2.24, 2.45) is 0 Å². The van der Waals surface area contributed by atoms with E-state index >= 15 is 0 Å². The van der Waals surface area contributed by atoms with Crippen molar-refractivity contribution in [2.45, 2.75) is 19.9 Å². The number of rotatable bonds is 4. The van der Waals surface area contributed by atoms with Crippen LogP contribution in [0.1, 0.15) is 19.0 Å². The average molecular weight is 293 g/mol. The predicted molar refractivity (Wildman–Crippen MR) is 76.2 cm³/mol. The number of hydroxylamine groups is 1. The third kappa shape index (κ3) is 2.41. The van der Waals surface area contributed by atoms with E-state index < -0.39 is 0 Å². The van der Waals surface area contributed by atoms with Crippen LogP contribution >= 0.6 is 11.7 Å². The van der Waals surface area contributed by atoms with Crippen LogP contribution in [-0.2, 0) is 6.54 Å². The first-order chi connectivity index (χ1) is 9.79. The summed E-state index contributed by atoms with van der Waals surface area (Å²) in [6.45, 7) is 3.80. The molecule has 0 aliphatic carbocycles. The van der Waals surface area contributed by atoms with Crippen LogP contribution < -0.4 is 19.1 Å². The summed E-state index contributed by atoms with van der Waals surface area (Å²) >= 11 is 1.24. The van der Waals surface area contributed by atoms with Gasteiger partial charge in [0.05, 0.1) is 18.8 Å². The van der Waals surface area contributed by atoms with E-state index in [4.69, 9.17) is 4.74 Å². The molecule has 0 saturated carbocycles. The van der Waals surface area contributed by atoms with E-state index in [1.807, 2.05) is 29.2 Å². The van der Waals surface area contributed by atoms with Gasteiger partial charge in [-0.1, -0.05) is 19.1 Å². The van der Waals surface area contributed by atoms with Crippen molar-refractivity contribution in [1.82, 2.24) is 4.37 Å². The summed E-state index contributed by atoms with van der Waals surface area (Å²) in [5.74, 6) is 1.52. The minimum absolute atomic E-state index is 0.383. The zero-order valence-electron chi connectivity index (χ0n) is 11.2. The maximum atomic E-state index is 10.0. The van der Waals surface area contributed by atoms with Crippen LogP contribution in [-0.4, -0.2) is 22.9 Å². The van der Waals surface area contributed by atoms with E-state index in [1.165, 1.54) is 16.8 Å². The molecule has 0 unspecified atom stereocenters. The number of ether oxygens (including phenoxy) is 1. The van der Waals surface area contributed by atoms with E-state index in [0.29, 0.717) is 25.6 Å². The molecule has 0 fully saturated rings. The maximum Gasteiger partial charge on any atom is 0.303 e. The molecule has 0 saturated heterocycles. The van der Waals surface area contributed by atoms with Gasteiger partial charge in [-0.25, -0.2) is 5.21 Å². The fourth-order valence-electron chi connectivity index (χ4n) is 2.21. The van der Waals surface area contributed by atoms with Crippen LogP contribution in [0.5, 0.6) is 5.75 Å². The van der Waals surface area contributed by atoms with Crippen molar-refractivity contribution in [3.63, 3.8) is 0 Å². The Morgan fingerprint density at radius 2 is 2.30 bits per heavy atom. The topological polar surface area (TPSA) is 63.0 Å². The number of nitrogens with zero attached hydrogens (tertiary/aromatic N) is 3. The lowest BCUT2D eigenvalue weighted by molar-refractivity contribution is -0.282. The fourth-order valence-corrected chi connectivity index (χ4v) is 2.82. The number of hydrogen-bond acceptors (Lipinski definition) is 6. The first-order valence-corrected chi connectivity index (χ1v) is 7.36. The normalized spacial score (nSPS) is 14.3. The Kier molecular flexibility index (Phi) is 3.70.